The van der Waals surface area contributed by atoms with E-state index in [1.165, 1.54) is 43.3 Å². The Morgan fingerprint density at radius 3 is 2.14 bits per heavy atom. The number of Topliss-reactive ketones (excluding diaryl/α,β-unsaturated/α-hetero) is 1. The number of halogens is 3. The summed E-state index contributed by atoms with van der Waals surface area (Å²) >= 11 is 5.82. The molecule has 2 aromatic rings. The van der Waals surface area contributed by atoms with E-state index in [-0.39, 0.29) is 26.8 Å². The maximum atomic E-state index is 12.3. The molecule has 0 fully saturated rings. The van der Waals surface area contributed by atoms with Gasteiger partial charge in [0, 0.05) is 11.8 Å². The van der Waals surface area contributed by atoms with Crippen LogP contribution in [-0.4, -0.2) is 39.1 Å². The number of carbonyl (C=O) groups excluding carboxylic acids is 2. The summed E-state index contributed by atoms with van der Waals surface area (Å²) in [5.41, 5.74) is 0.0278. The molecule has 0 bridgehead atoms. The Kier molecular flexibility index (Phi) is 6.73. The van der Waals surface area contributed by atoms with Crippen LogP contribution in [0.5, 0.6) is 5.75 Å². The van der Waals surface area contributed by atoms with Gasteiger partial charge < -0.3 is 9.47 Å². The molecule has 0 N–H and O–H groups in total. The number of hydrogen-bond donors (Lipinski definition) is 0. The maximum Gasteiger partial charge on any atom is 0.387 e. The number of esters is 1. The summed E-state index contributed by atoms with van der Waals surface area (Å²) in [6.07, 6.45) is -0.261. The van der Waals surface area contributed by atoms with Crippen LogP contribution in [0.1, 0.15) is 27.6 Å². The highest BCUT2D eigenvalue weighted by atomic mass is 35.5. The fourth-order valence-corrected chi connectivity index (χ4v) is 3.53. The molecule has 150 valence electrons. The van der Waals surface area contributed by atoms with Crippen LogP contribution in [0.4, 0.5) is 8.78 Å². The van der Waals surface area contributed by atoms with Gasteiger partial charge in [-0.25, -0.2) is 13.2 Å². The Labute approximate surface area is 164 Å². The van der Waals surface area contributed by atoms with Gasteiger partial charge in [0.1, 0.15) is 5.75 Å². The fourth-order valence-electron chi connectivity index (χ4n) is 2.23. The molecule has 0 saturated heterocycles. The molecule has 0 radical (unpaired) electrons. The average Bonchev–Trinajstić information content (AvgIpc) is 2.60. The predicted molar refractivity (Wildman–Crippen MR) is 96.8 cm³/mol. The first kappa shape index (κ1) is 21.8. The zero-order valence-electron chi connectivity index (χ0n) is 14.7. The molecule has 0 aliphatic carbocycles. The van der Waals surface area contributed by atoms with E-state index in [4.69, 9.17) is 16.3 Å². The van der Waals surface area contributed by atoms with Gasteiger partial charge in [0.05, 0.1) is 15.5 Å². The minimum atomic E-state index is -3.66. The lowest BCUT2D eigenvalue weighted by molar-refractivity contribution is -0.0498. The van der Waals surface area contributed by atoms with E-state index in [0.717, 1.165) is 12.3 Å². The van der Waals surface area contributed by atoms with Gasteiger partial charge in [-0.2, -0.15) is 8.78 Å². The highest BCUT2D eigenvalue weighted by Crippen LogP contribution is 2.23. The third kappa shape index (κ3) is 5.49. The van der Waals surface area contributed by atoms with Crippen molar-refractivity contribution in [1.29, 1.82) is 0 Å². The Morgan fingerprint density at radius 2 is 1.61 bits per heavy atom. The standard InChI is InChI=1S/C18H15ClF2O6S/c1-10(16(22)11-3-6-13(7-4-11)27-18(20)21)26-17(23)12-5-8-14(19)15(9-12)28(2,24)25/h3-10,18H,1-2H3. The third-order valence-corrected chi connectivity index (χ3v) is 5.16. The van der Waals surface area contributed by atoms with Crippen molar-refractivity contribution < 1.29 is 36.3 Å². The summed E-state index contributed by atoms with van der Waals surface area (Å²) in [6, 6.07) is 8.46. The molecule has 1 unspecified atom stereocenters. The molecule has 1 atom stereocenters. The van der Waals surface area contributed by atoms with E-state index in [1.54, 1.807) is 0 Å². The molecule has 6 nitrogen and oxygen atoms in total. The minimum absolute atomic E-state index is 0.0470. The number of hydrogen-bond acceptors (Lipinski definition) is 6. The summed E-state index contributed by atoms with van der Waals surface area (Å²) in [4.78, 5) is 24.3. The monoisotopic (exact) mass is 432 g/mol. The van der Waals surface area contributed by atoms with Gasteiger partial charge in [0.15, 0.2) is 15.9 Å². The van der Waals surface area contributed by atoms with Crippen LogP contribution in [0.2, 0.25) is 5.02 Å². The highest BCUT2D eigenvalue weighted by molar-refractivity contribution is 7.90. The van der Waals surface area contributed by atoms with Crippen molar-refractivity contribution in [1.82, 2.24) is 0 Å². The Bertz CT molecular complexity index is 990. The van der Waals surface area contributed by atoms with Gasteiger partial charge in [0.2, 0.25) is 5.78 Å². The molecule has 0 aromatic heterocycles. The number of benzene rings is 2. The van der Waals surface area contributed by atoms with Crippen molar-refractivity contribution in [3.8, 4) is 5.75 Å². The summed E-state index contributed by atoms with van der Waals surface area (Å²) in [5.74, 6) is -1.61. The number of rotatable bonds is 7. The molecule has 28 heavy (non-hydrogen) atoms. The van der Waals surface area contributed by atoms with Crippen LogP contribution in [-0.2, 0) is 14.6 Å². The van der Waals surface area contributed by atoms with Crippen molar-refractivity contribution in [2.24, 2.45) is 0 Å². The zero-order valence-corrected chi connectivity index (χ0v) is 16.3. The molecule has 10 heteroatoms. The third-order valence-electron chi connectivity index (χ3n) is 3.58. The number of ketones is 1. The fraction of sp³-hybridized carbons (Fsp3) is 0.222. The van der Waals surface area contributed by atoms with Crippen molar-refractivity contribution in [3.63, 3.8) is 0 Å². The molecular formula is C18H15ClF2O6S. The first-order valence-corrected chi connectivity index (χ1v) is 10.1. The molecule has 0 spiro atoms. The van der Waals surface area contributed by atoms with E-state index in [2.05, 4.69) is 4.74 Å². The smallest absolute Gasteiger partial charge is 0.387 e. The lowest BCUT2D eigenvalue weighted by Gasteiger charge is -2.13. The van der Waals surface area contributed by atoms with Crippen LogP contribution in [0, 0.1) is 0 Å². The molecule has 0 aliphatic heterocycles. The maximum absolute atomic E-state index is 12.3. The van der Waals surface area contributed by atoms with Crippen LogP contribution in [0.3, 0.4) is 0 Å². The van der Waals surface area contributed by atoms with E-state index >= 15 is 0 Å². The second-order valence-corrected chi connectivity index (χ2v) is 8.12. The predicted octanol–water partition coefficient (Wildman–Crippen LogP) is 3.77. The van der Waals surface area contributed by atoms with Gasteiger partial charge in [0.25, 0.3) is 0 Å². The van der Waals surface area contributed by atoms with Crippen molar-refractivity contribution in [2.45, 2.75) is 24.5 Å². The van der Waals surface area contributed by atoms with Gasteiger partial charge in [-0.1, -0.05) is 11.6 Å². The zero-order chi connectivity index (χ0) is 21.1. The highest BCUT2D eigenvalue weighted by Gasteiger charge is 2.22. The van der Waals surface area contributed by atoms with Gasteiger partial charge in [-0.05, 0) is 49.4 Å². The normalized spacial score (nSPS) is 12.5. The van der Waals surface area contributed by atoms with E-state index in [1.807, 2.05) is 0 Å². The molecule has 0 amide bonds. The second kappa shape index (κ2) is 8.66. The van der Waals surface area contributed by atoms with Crippen LogP contribution in [0.15, 0.2) is 47.4 Å². The lowest BCUT2D eigenvalue weighted by atomic mass is 10.1. The van der Waals surface area contributed by atoms with Crippen molar-refractivity contribution in [3.05, 3.63) is 58.6 Å². The summed E-state index contributed by atoms with van der Waals surface area (Å²) in [5, 5.41) is -0.0470. The number of sulfone groups is 1. The summed E-state index contributed by atoms with van der Waals surface area (Å²) in [6.45, 7) is -1.66. The largest absolute Gasteiger partial charge is 0.451 e. The second-order valence-electron chi connectivity index (χ2n) is 5.73. The topological polar surface area (TPSA) is 86.7 Å². The Morgan fingerprint density at radius 1 is 1.04 bits per heavy atom. The number of carbonyl (C=O) groups is 2. The SMILES string of the molecule is CC(OC(=O)c1ccc(Cl)c(S(C)(=O)=O)c1)C(=O)c1ccc(OC(F)F)cc1. The Hall–Kier alpha value is -2.52. The molecule has 2 aromatic carbocycles. The van der Waals surface area contributed by atoms with Crippen molar-refractivity contribution in [2.75, 3.05) is 6.26 Å². The van der Waals surface area contributed by atoms with Crippen LogP contribution >= 0.6 is 11.6 Å². The molecule has 2 rings (SSSR count). The molecule has 0 heterocycles. The van der Waals surface area contributed by atoms with Gasteiger partial charge in [-0.3, -0.25) is 4.79 Å². The van der Waals surface area contributed by atoms with Crippen molar-refractivity contribution >= 4 is 33.2 Å². The van der Waals surface area contributed by atoms with Gasteiger partial charge >= 0.3 is 12.6 Å². The lowest BCUT2D eigenvalue weighted by Crippen LogP contribution is -2.24. The molecule has 0 aliphatic rings. The average molecular weight is 433 g/mol. The number of alkyl halides is 2. The Balaban J connectivity index is 2.12. The quantitative estimate of drug-likeness (QED) is 0.489. The van der Waals surface area contributed by atoms with Crippen LogP contribution < -0.4 is 4.74 Å². The summed E-state index contributed by atoms with van der Waals surface area (Å²) in [7, 11) is -3.66. The minimum Gasteiger partial charge on any atom is -0.451 e. The van der Waals surface area contributed by atoms with E-state index in [0.29, 0.717) is 0 Å². The first-order chi connectivity index (χ1) is 13.0. The van der Waals surface area contributed by atoms with E-state index in [9.17, 15) is 26.8 Å². The molecule has 0 saturated carbocycles. The van der Waals surface area contributed by atoms with E-state index < -0.39 is 34.3 Å². The number of ether oxygens (including phenoxy) is 2. The molecular weight excluding hydrogens is 418 g/mol. The van der Waals surface area contributed by atoms with Gasteiger partial charge in [-0.15, -0.1) is 0 Å². The summed E-state index contributed by atoms with van der Waals surface area (Å²) < 4.78 is 56.9. The first-order valence-electron chi connectivity index (χ1n) is 7.78. The van der Waals surface area contributed by atoms with Crippen LogP contribution in [0.25, 0.3) is 0 Å².